The van der Waals surface area contributed by atoms with Crippen LogP contribution in [0.5, 0.6) is 0 Å². The van der Waals surface area contributed by atoms with Crippen LogP contribution in [0.3, 0.4) is 0 Å². The second-order valence-electron chi connectivity index (χ2n) is 5.65. The SMILES string of the molecule is CC(=O)c1ccc(NC(=O)[C@@H](C)Sc2nnc(-c3ccoc3C)o2)cc1. The third kappa shape index (κ3) is 4.02. The number of rotatable bonds is 6. The highest BCUT2D eigenvalue weighted by atomic mass is 32.2. The lowest BCUT2D eigenvalue weighted by Gasteiger charge is -2.10. The molecule has 0 radical (unpaired) electrons. The average molecular weight is 371 g/mol. The van der Waals surface area contributed by atoms with Crippen molar-refractivity contribution in [2.24, 2.45) is 0 Å². The minimum absolute atomic E-state index is 0.0214. The molecule has 0 aliphatic heterocycles. The van der Waals surface area contributed by atoms with E-state index in [0.717, 1.165) is 5.56 Å². The Morgan fingerprint density at radius 1 is 1.15 bits per heavy atom. The van der Waals surface area contributed by atoms with Crippen molar-refractivity contribution in [3.63, 3.8) is 0 Å². The molecule has 2 heterocycles. The topological polar surface area (TPSA) is 98.2 Å². The Balaban J connectivity index is 1.61. The van der Waals surface area contributed by atoms with Crippen molar-refractivity contribution in [2.45, 2.75) is 31.2 Å². The Morgan fingerprint density at radius 2 is 1.88 bits per heavy atom. The number of carbonyl (C=O) groups excluding carboxylic acids is 2. The van der Waals surface area contributed by atoms with Gasteiger partial charge in [0.05, 0.1) is 17.1 Å². The van der Waals surface area contributed by atoms with Crippen LogP contribution in [0.15, 0.2) is 50.7 Å². The van der Waals surface area contributed by atoms with Gasteiger partial charge in [-0.3, -0.25) is 9.59 Å². The third-order valence-electron chi connectivity index (χ3n) is 3.70. The number of amides is 1. The zero-order valence-electron chi connectivity index (χ0n) is 14.5. The first-order valence-corrected chi connectivity index (χ1v) is 8.78. The van der Waals surface area contributed by atoms with Gasteiger partial charge in [-0.05, 0) is 51.1 Å². The number of hydrogen-bond acceptors (Lipinski definition) is 7. The lowest BCUT2D eigenvalue weighted by atomic mass is 10.1. The number of nitrogens with zero attached hydrogens (tertiary/aromatic N) is 2. The number of hydrogen-bond donors (Lipinski definition) is 1. The molecule has 0 fully saturated rings. The van der Waals surface area contributed by atoms with Gasteiger partial charge in [0.1, 0.15) is 5.76 Å². The summed E-state index contributed by atoms with van der Waals surface area (Å²) in [5, 5.41) is 10.6. The maximum atomic E-state index is 12.3. The van der Waals surface area contributed by atoms with Crippen molar-refractivity contribution in [2.75, 3.05) is 5.32 Å². The van der Waals surface area contributed by atoms with Crippen LogP contribution < -0.4 is 5.32 Å². The quantitative estimate of drug-likeness (QED) is 0.517. The number of aryl methyl sites for hydroxylation is 1. The second kappa shape index (κ2) is 7.57. The molecule has 134 valence electrons. The summed E-state index contributed by atoms with van der Waals surface area (Å²) in [6.07, 6.45) is 1.55. The van der Waals surface area contributed by atoms with Crippen LogP contribution in [0, 0.1) is 6.92 Å². The van der Waals surface area contributed by atoms with Crippen LogP contribution in [0.2, 0.25) is 0 Å². The molecule has 3 rings (SSSR count). The van der Waals surface area contributed by atoms with Crippen molar-refractivity contribution in [3.8, 4) is 11.5 Å². The molecule has 7 nitrogen and oxygen atoms in total. The smallest absolute Gasteiger partial charge is 0.277 e. The number of nitrogens with one attached hydrogen (secondary N) is 1. The van der Waals surface area contributed by atoms with Crippen LogP contribution in [0.4, 0.5) is 5.69 Å². The van der Waals surface area contributed by atoms with Crippen LogP contribution in [0.25, 0.3) is 11.5 Å². The maximum absolute atomic E-state index is 12.3. The molecule has 0 saturated carbocycles. The van der Waals surface area contributed by atoms with Crippen molar-refractivity contribution in [1.82, 2.24) is 10.2 Å². The van der Waals surface area contributed by atoms with Crippen molar-refractivity contribution in [1.29, 1.82) is 0 Å². The summed E-state index contributed by atoms with van der Waals surface area (Å²) in [5.41, 5.74) is 1.94. The normalized spacial score (nSPS) is 12.0. The number of aromatic nitrogens is 2. The monoisotopic (exact) mass is 371 g/mol. The van der Waals surface area contributed by atoms with E-state index in [0.29, 0.717) is 28.1 Å². The molecule has 0 aliphatic rings. The highest BCUT2D eigenvalue weighted by molar-refractivity contribution is 8.00. The molecule has 2 aromatic heterocycles. The van der Waals surface area contributed by atoms with Crippen LogP contribution in [0.1, 0.15) is 30.0 Å². The Labute approximate surface area is 154 Å². The van der Waals surface area contributed by atoms with Crippen molar-refractivity contribution >= 4 is 29.1 Å². The number of furan rings is 1. The molecule has 1 atom stereocenters. The maximum Gasteiger partial charge on any atom is 0.277 e. The fourth-order valence-electron chi connectivity index (χ4n) is 2.21. The van der Waals surface area contributed by atoms with E-state index in [1.165, 1.54) is 18.7 Å². The molecule has 0 spiro atoms. The fraction of sp³-hybridized carbons (Fsp3) is 0.222. The van der Waals surface area contributed by atoms with E-state index in [4.69, 9.17) is 8.83 Å². The molecule has 0 saturated heterocycles. The van der Waals surface area contributed by atoms with Crippen LogP contribution in [-0.4, -0.2) is 27.1 Å². The van der Waals surface area contributed by atoms with E-state index in [1.807, 2.05) is 0 Å². The molecule has 1 aromatic carbocycles. The average Bonchev–Trinajstić information content (AvgIpc) is 3.23. The van der Waals surface area contributed by atoms with Gasteiger partial charge in [0, 0.05) is 11.3 Å². The van der Waals surface area contributed by atoms with E-state index < -0.39 is 5.25 Å². The largest absolute Gasteiger partial charge is 0.469 e. The molecule has 26 heavy (non-hydrogen) atoms. The summed E-state index contributed by atoms with van der Waals surface area (Å²) in [4.78, 5) is 23.6. The fourth-order valence-corrected chi connectivity index (χ4v) is 2.89. The van der Waals surface area contributed by atoms with E-state index in [2.05, 4.69) is 15.5 Å². The number of anilines is 1. The summed E-state index contributed by atoms with van der Waals surface area (Å²) in [6, 6.07) is 8.48. The van der Waals surface area contributed by atoms with Gasteiger partial charge in [0.2, 0.25) is 5.91 Å². The van der Waals surface area contributed by atoms with Gasteiger partial charge in [-0.25, -0.2) is 0 Å². The van der Waals surface area contributed by atoms with E-state index >= 15 is 0 Å². The summed E-state index contributed by atoms with van der Waals surface area (Å²) in [6.45, 7) is 5.05. The van der Waals surface area contributed by atoms with Gasteiger partial charge in [-0.1, -0.05) is 11.8 Å². The Kier molecular flexibility index (Phi) is 5.22. The van der Waals surface area contributed by atoms with Gasteiger partial charge in [-0.15, -0.1) is 10.2 Å². The zero-order chi connectivity index (χ0) is 18.7. The molecule has 0 aliphatic carbocycles. The van der Waals surface area contributed by atoms with Gasteiger partial charge in [0.15, 0.2) is 5.78 Å². The van der Waals surface area contributed by atoms with E-state index in [9.17, 15) is 9.59 Å². The first kappa shape index (κ1) is 17.9. The van der Waals surface area contributed by atoms with Gasteiger partial charge >= 0.3 is 0 Å². The third-order valence-corrected chi connectivity index (χ3v) is 4.64. The second-order valence-corrected chi connectivity index (χ2v) is 6.94. The Bertz CT molecular complexity index is 930. The standard InChI is InChI=1S/C18H17N3O4S/c1-10(22)13-4-6-14(7-5-13)19-16(23)12(3)26-18-21-20-17(25-18)15-8-9-24-11(15)2/h4-9,12H,1-3H3,(H,19,23)/t12-/m1/s1. The van der Waals surface area contributed by atoms with Crippen molar-refractivity contribution in [3.05, 3.63) is 47.9 Å². The summed E-state index contributed by atoms with van der Waals surface area (Å²) in [7, 11) is 0. The Hall–Kier alpha value is -2.87. The lowest BCUT2D eigenvalue weighted by Crippen LogP contribution is -2.22. The molecule has 1 amide bonds. The summed E-state index contributed by atoms with van der Waals surface area (Å²) in [5.74, 6) is 0.813. The molecule has 0 unspecified atom stereocenters. The molecular weight excluding hydrogens is 354 g/mol. The number of carbonyl (C=O) groups is 2. The minimum atomic E-state index is -0.443. The van der Waals surface area contributed by atoms with Gasteiger partial charge in [0.25, 0.3) is 11.1 Å². The number of Topliss-reactive ketones (excluding diaryl/α,β-unsaturated/α-hetero) is 1. The van der Waals surface area contributed by atoms with E-state index in [1.54, 1.807) is 50.4 Å². The van der Waals surface area contributed by atoms with Crippen molar-refractivity contribution < 1.29 is 18.4 Å². The van der Waals surface area contributed by atoms with Crippen LogP contribution in [-0.2, 0) is 4.79 Å². The van der Waals surface area contributed by atoms with Gasteiger partial charge < -0.3 is 14.2 Å². The van der Waals surface area contributed by atoms with E-state index in [-0.39, 0.29) is 11.7 Å². The summed E-state index contributed by atoms with van der Waals surface area (Å²) < 4.78 is 10.8. The molecule has 8 heteroatoms. The summed E-state index contributed by atoms with van der Waals surface area (Å²) >= 11 is 1.17. The number of thioether (sulfide) groups is 1. The lowest BCUT2D eigenvalue weighted by molar-refractivity contribution is -0.115. The Morgan fingerprint density at radius 3 is 2.50 bits per heavy atom. The molecular formula is C18H17N3O4S. The minimum Gasteiger partial charge on any atom is -0.469 e. The van der Waals surface area contributed by atoms with Gasteiger partial charge in [-0.2, -0.15) is 0 Å². The first-order chi connectivity index (χ1) is 12.4. The van der Waals surface area contributed by atoms with Crippen LogP contribution >= 0.6 is 11.8 Å². The number of benzene rings is 1. The predicted octanol–water partition coefficient (Wildman–Crippen LogP) is 3.96. The molecule has 3 aromatic rings. The first-order valence-electron chi connectivity index (χ1n) is 7.90. The predicted molar refractivity (Wildman–Crippen MR) is 97.1 cm³/mol. The molecule has 0 bridgehead atoms. The number of ketones is 1. The highest BCUT2D eigenvalue weighted by Gasteiger charge is 2.20. The highest BCUT2D eigenvalue weighted by Crippen LogP contribution is 2.28. The molecule has 1 N–H and O–H groups in total. The zero-order valence-corrected chi connectivity index (χ0v) is 15.3.